The maximum absolute atomic E-state index is 4.94. The summed E-state index contributed by atoms with van der Waals surface area (Å²) in [6.45, 7) is 4.00. The summed E-state index contributed by atoms with van der Waals surface area (Å²) in [5, 5.41) is 1.67. The van der Waals surface area contributed by atoms with E-state index in [0.717, 1.165) is 5.69 Å². The van der Waals surface area contributed by atoms with Crippen LogP contribution in [0.3, 0.4) is 0 Å². The van der Waals surface area contributed by atoms with Crippen molar-refractivity contribution in [1.29, 1.82) is 0 Å². The molecule has 3 nitrogen and oxygen atoms in total. The highest BCUT2D eigenvalue weighted by atomic mass is 16.7. The normalized spacial score (nSPS) is 8.33. The first-order chi connectivity index (χ1) is 5.84. The van der Waals surface area contributed by atoms with Gasteiger partial charge in [0, 0.05) is 19.4 Å². The largest absolute Gasteiger partial charge is 0.277 e. The van der Waals surface area contributed by atoms with Crippen LogP contribution in [-0.2, 0) is 4.84 Å². The van der Waals surface area contributed by atoms with Crippen LogP contribution in [-0.4, -0.2) is 19.1 Å². The van der Waals surface area contributed by atoms with Crippen molar-refractivity contribution in [3.05, 3.63) is 24.5 Å². The lowest BCUT2D eigenvalue weighted by Crippen LogP contribution is -2.14. The zero-order chi connectivity index (χ0) is 9.40. The van der Waals surface area contributed by atoms with Crippen LogP contribution < -0.4 is 5.06 Å². The van der Waals surface area contributed by atoms with Crippen molar-refractivity contribution < 1.29 is 4.84 Å². The summed E-state index contributed by atoms with van der Waals surface area (Å²) in [5.74, 6) is 0. The van der Waals surface area contributed by atoms with Crippen LogP contribution in [0.4, 0.5) is 5.69 Å². The molecule has 0 saturated carbocycles. The first-order valence-corrected chi connectivity index (χ1v) is 4.02. The molecule has 0 saturated heterocycles. The molecule has 1 aromatic heterocycles. The molecule has 1 heterocycles. The summed E-state index contributed by atoms with van der Waals surface area (Å²) in [7, 11) is 3.47. The summed E-state index contributed by atoms with van der Waals surface area (Å²) in [4.78, 5) is 8.82. The molecule has 12 heavy (non-hydrogen) atoms. The van der Waals surface area contributed by atoms with Gasteiger partial charge >= 0.3 is 0 Å². The summed E-state index contributed by atoms with van der Waals surface area (Å²) in [6.07, 6.45) is 3.45. The Morgan fingerprint density at radius 3 is 2.17 bits per heavy atom. The lowest BCUT2D eigenvalue weighted by atomic mass is 10.4. The van der Waals surface area contributed by atoms with Gasteiger partial charge in [0.05, 0.1) is 12.8 Å². The van der Waals surface area contributed by atoms with Crippen LogP contribution in [0.5, 0.6) is 0 Å². The van der Waals surface area contributed by atoms with Crippen molar-refractivity contribution in [3.8, 4) is 0 Å². The highest BCUT2D eigenvalue weighted by molar-refractivity contribution is 5.40. The number of pyridine rings is 1. The van der Waals surface area contributed by atoms with Crippen molar-refractivity contribution in [3.63, 3.8) is 0 Å². The fourth-order valence-corrected chi connectivity index (χ4v) is 0.659. The first-order valence-electron chi connectivity index (χ1n) is 4.02. The predicted octanol–water partition coefficient (Wildman–Crippen LogP) is 2.11. The molecule has 0 spiro atoms. The Bertz CT molecular complexity index is 189. The number of anilines is 1. The van der Waals surface area contributed by atoms with Gasteiger partial charge in [0.1, 0.15) is 0 Å². The van der Waals surface area contributed by atoms with Gasteiger partial charge in [-0.25, -0.2) is 0 Å². The molecular formula is C9H16N2O. The molecule has 1 aromatic rings. The van der Waals surface area contributed by atoms with Crippen molar-refractivity contribution >= 4 is 5.69 Å². The van der Waals surface area contributed by atoms with E-state index in [1.165, 1.54) is 0 Å². The minimum Gasteiger partial charge on any atom is -0.277 e. The van der Waals surface area contributed by atoms with Gasteiger partial charge in [0.25, 0.3) is 0 Å². The fraction of sp³-hybridized carbons (Fsp3) is 0.444. The molecule has 0 amide bonds. The van der Waals surface area contributed by atoms with Crippen LogP contribution in [0, 0.1) is 0 Å². The molecular weight excluding hydrogens is 152 g/mol. The minimum absolute atomic E-state index is 0.998. The predicted molar refractivity (Wildman–Crippen MR) is 51.0 cm³/mol. The molecule has 0 bridgehead atoms. The Kier molecular flexibility index (Phi) is 6.01. The van der Waals surface area contributed by atoms with Gasteiger partial charge in [-0.1, -0.05) is 13.8 Å². The second-order valence-corrected chi connectivity index (χ2v) is 1.89. The molecule has 1 rings (SSSR count). The van der Waals surface area contributed by atoms with Gasteiger partial charge < -0.3 is 0 Å². The molecule has 0 atom stereocenters. The Balaban J connectivity index is 0.000000561. The highest BCUT2D eigenvalue weighted by Crippen LogP contribution is 2.08. The maximum Gasteiger partial charge on any atom is 0.0663 e. The van der Waals surface area contributed by atoms with E-state index in [1.54, 1.807) is 24.6 Å². The maximum atomic E-state index is 4.94. The third-order valence-corrected chi connectivity index (χ3v) is 1.30. The van der Waals surface area contributed by atoms with Crippen molar-refractivity contribution in [1.82, 2.24) is 4.98 Å². The van der Waals surface area contributed by atoms with Crippen molar-refractivity contribution in [2.75, 3.05) is 19.2 Å². The number of hydroxylamine groups is 1. The number of hydrogen-bond donors (Lipinski definition) is 0. The number of rotatable bonds is 2. The molecule has 0 aliphatic rings. The topological polar surface area (TPSA) is 25.4 Å². The summed E-state index contributed by atoms with van der Waals surface area (Å²) in [6, 6.07) is 3.76. The van der Waals surface area contributed by atoms with E-state index in [0.29, 0.717) is 0 Å². The minimum atomic E-state index is 0.998. The Morgan fingerprint density at radius 2 is 1.75 bits per heavy atom. The molecule has 68 valence electrons. The van der Waals surface area contributed by atoms with E-state index in [4.69, 9.17) is 4.84 Å². The Hall–Kier alpha value is -1.09. The van der Waals surface area contributed by atoms with Gasteiger partial charge in [-0.05, 0) is 12.1 Å². The SMILES string of the molecule is CC.CON(C)c1ccncc1. The van der Waals surface area contributed by atoms with Gasteiger partial charge in [-0.3, -0.25) is 14.9 Å². The quantitative estimate of drug-likeness (QED) is 0.632. The van der Waals surface area contributed by atoms with Crippen LogP contribution in [0.2, 0.25) is 0 Å². The summed E-state index contributed by atoms with van der Waals surface area (Å²) in [5.41, 5.74) is 0.998. The smallest absolute Gasteiger partial charge is 0.0663 e. The zero-order valence-electron chi connectivity index (χ0n) is 8.11. The average Bonchev–Trinajstić information content (AvgIpc) is 2.21. The van der Waals surface area contributed by atoms with Gasteiger partial charge in [0.2, 0.25) is 0 Å². The van der Waals surface area contributed by atoms with Gasteiger partial charge in [0.15, 0.2) is 0 Å². The van der Waals surface area contributed by atoms with E-state index in [-0.39, 0.29) is 0 Å². The van der Waals surface area contributed by atoms with Crippen LogP contribution in [0.15, 0.2) is 24.5 Å². The molecule has 3 heteroatoms. The third kappa shape index (κ3) is 3.34. The number of hydrogen-bond acceptors (Lipinski definition) is 3. The molecule has 0 aliphatic heterocycles. The summed E-state index contributed by atoms with van der Waals surface area (Å²) < 4.78 is 0. The molecule has 0 aromatic carbocycles. The molecule has 0 unspecified atom stereocenters. The molecule has 0 aliphatic carbocycles. The van der Waals surface area contributed by atoms with Crippen LogP contribution in [0.25, 0.3) is 0 Å². The Labute approximate surface area is 73.9 Å². The first kappa shape index (κ1) is 10.9. The van der Waals surface area contributed by atoms with E-state index in [2.05, 4.69) is 4.98 Å². The van der Waals surface area contributed by atoms with Crippen molar-refractivity contribution in [2.45, 2.75) is 13.8 Å². The lowest BCUT2D eigenvalue weighted by molar-refractivity contribution is 0.184. The van der Waals surface area contributed by atoms with E-state index >= 15 is 0 Å². The average molecular weight is 168 g/mol. The van der Waals surface area contributed by atoms with E-state index in [1.807, 2.05) is 33.0 Å². The standard InChI is InChI=1S/C7H10N2O.C2H6/c1-9(10-2)7-3-5-8-6-4-7;1-2/h3-6H,1-2H3;1-2H3. The lowest BCUT2D eigenvalue weighted by Gasteiger charge is -2.14. The zero-order valence-corrected chi connectivity index (χ0v) is 8.11. The third-order valence-electron chi connectivity index (χ3n) is 1.30. The monoisotopic (exact) mass is 168 g/mol. The van der Waals surface area contributed by atoms with E-state index < -0.39 is 0 Å². The number of aromatic nitrogens is 1. The number of nitrogens with zero attached hydrogens (tertiary/aromatic N) is 2. The summed E-state index contributed by atoms with van der Waals surface area (Å²) >= 11 is 0. The molecule has 0 radical (unpaired) electrons. The molecule has 0 fully saturated rings. The van der Waals surface area contributed by atoms with E-state index in [9.17, 15) is 0 Å². The van der Waals surface area contributed by atoms with Gasteiger partial charge in [-0.15, -0.1) is 0 Å². The van der Waals surface area contributed by atoms with Crippen LogP contribution >= 0.6 is 0 Å². The Morgan fingerprint density at radius 1 is 1.25 bits per heavy atom. The van der Waals surface area contributed by atoms with Crippen molar-refractivity contribution in [2.24, 2.45) is 0 Å². The van der Waals surface area contributed by atoms with Gasteiger partial charge in [-0.2, -0.15) is 0 Å². The second kappa shape index (κ2) is 6.61. The molecule has 0 N–H and O–H groups in total. The van der Waals surface area contributed by atoms with Crippen LogP contribution in [0.1, 0.15) is 13.8 Å². The highest BCUT2D eigenvalue weighted by Gasteiger charge is 1.94. The second-order valence-electron chi connectivity index (χ2n) is 1.89. The fourth-order valence-electron chi connectivity index (χ4n) is 0.659.